The monoisotopic (exact) mass is 537 g/mol. The third-order valence-corrected chi connectivity index (χ3v) is 7.85. The molecule has 0 bridgehead atoms. The minimum absolute atomic E-state index is 0.0426. The molecule has 0 spiro atoms. The number of unbranched alkanes of at least 4 members (excludes halogenated alkanes) is 1. The Hall–Kier alpha value is -1.64. The van der Waals surface area contributed by atoms with E-state index in [4.69, 9.17) is 25.8 Å². The Balaban J connectivity index is 1.33. The van der Waals surface area contributed by atoms with Crippen molar-refractivity contribution in [3.63, 3.8) is 0 Å². The molecule has 5 atom stereocenters. The number of ether oxygens (including phenoxy) is 3. The lowest BCUT2D eigenvalue weighted by molar-refractivity contribution is -0.144. The average Bonchev–Trinajstić information content (AvgIpc) is 3.17. The normalized spacial score (nSPS) is 25.4. The summed E-state index contributed by atoms with van der Waals surface area (Å²) < 4.78 is 16.7. The first-order valence-corrected chi connectivity index (χ1v) is 14.2. The summed E-state index contributed by atoms with van der Waals surface area (Å²) in [5.41, 5.74) is 0.889. The largest absolute Gasteiger partial charge is 0.493 e. The van der Waals surface area contributed by atoms with Gasteiger partial charge in [0.2, 0.25) is 0 Å². The molecule has 1 heterocycles. The van der Waals surface area contributed by atoms with Gasteiger partial charge in [0.05, 0.1) is 32.0 Å². The van der Waals surface area contributed by atoms with Crippen LogP contribution in [-0.4, -0.2) is 78.6 Å². The molecule has 2 N–H and O–H groups in total. The van der Waals surface area contributed by atoms with E-state index in [2.05, 4.69) is 24.0 Å². The molecule has 1 saturated heterocycles. The molecule has 0 amide bonds. The first-order valence-electron chi connectivity index (χ1n) is 13.8. The maximum atomic E-state index is 12.0. The van der Waals surface area contributed by atoms with E-state index < -0.39 is 12.2 Å². The van der Waals surface area contributed by atoms with Crippen LogP contribution in [0.1, 0.15) is 63.5 Å². The van der Waals surface area contributed by atoms with Crippen LogP contribution in [0.2, 0.25) is 0 Å². The van der Waals surface area contributed by atoms with E-state index in [1.54, 1.807) is 0 Å². The van der Waals surface area contributed by atoms with E-state index >= 15 is 0 Å². The summed E-state index contributed by atoms with van der Waals surface area (Å²) in [5.74, 6) is 0.665. The van der Waals surface area contributed by atoms with Crippen molar-refractivity contribution in [1.82, 2.24) is 4.90 Å². The van der Waals surface area contributed by atoms with Crippen molar-refractivity contribution in [1.29, 1.82) is 0 Å². The highest BCUT2D eigenvalue weighted by molar-refractivity contribution is 6.21. The van der Waals surface area contributed by atoms with Gasteiger partial charge in [0.15, 0.2) is 0 Å². The van der Waals surface area contributed by atoms with E-state index in [9.17, 15) is 15.0 Å². The molecule has 1 aliphatic carbocycles. The standard InChI is InChI=1S/C29H44ClNO6/c1-2-7-27(32)22-10-12-23(13-11-22)37-21-25-24(26(30)20-28(25)33)8-5-3-4-6-9-29(34)36-19-16-31-14-17-35-18-15-31/h3,5,10-13,24-28,32-33H,2,4,6-9,14-21H2,1H3/b5-3-/t24-,25-,26-,27?,28-/m1/s1. The van der Waals surface area contributed by atoms with Crippen LogP contribution < -0.4 is 4.74 Å². The van der Waals surface area contributed by atoms with Crippen LogP contribution in [0.25, 0.3) is 0 Å². The smallest absolute Gasteiger partial charge is 0.305 e. The summed E-state index contributed by atoms with van der Waals surface area (Å²) in [6.07, 6.45) is 8.23. The third-order valence-electron chi connectivity index (χ3n) is 7.35. The molecule has 2 aliphatic rings. The highest BCUT2D eigenvalue weighted by Gasteiger charge is 2.41. The van der Waals surface area contributed by atoms with Gasteiger partial charge in [0.25, 0.3) is 0 Å². The molecule has 1 aromatic carbocycles. The molecule has 208 valence electrons. The first kappa shape index (κ1) is 29.9. The fourth-order valence-electron chi connectivity index (χ4n) is 5.03. The van der Waals surface area contributed by atoms with Gasteiger partial charge in [-0.05, 0) is 55.7 Å². The molecular weight excluding hydrogens is 494 g/mol. The molecule has 0 radical (unpaired) electrons. The Morgan fingerprint density at radius 2 is 1.97 bits per heavy atom. The molecule has 7 nitrogen and oxygen atoms in total. The lowest BCUT2D eigenvalue weighted by Gasteiger charge is -2.26. The highest BCUT2D eigenvalue weighted by atomic mass is 35.5. The number of hydrogen-bond acceptors (Lipinski definition) is 7. The van der Waals surface area contributed by atoms with Crippen molar-refractivity contribution in [3.8, 4) is 5.75 Å². The highest BCUT2D eigenvalue weighted by Crippen LogP contribution is 2.39. The fraction of sp³-hybridized carbons (Fsp3) is 0.690. The van der Waals surface area contributed by atoms with Crippen LogP contribution in [0.3, 0.4) is 0 Å². The van der Waals surface area contributed by atoms with Crippen molar-refractivity contribution in [2.75, 3.05) is 46.1 Å². The molecule has 1 unspecified atom stereocenters. The van der Waals surface area contributed by atoms with E-state index in [1.807, 2.05) is 24.3 Å². The molecule has 8 heteroatoms. The van der Waals surface area contributed by atoms with Crippen LogP contribution in [0.15, 0.2) is 36.4 Å². The second-order valence-corrected chi connectivity index (χ2v) is 10.7. The van der Waals surface area contributed by atoms with Crippen molar-refractivity contribution >= 4 is 17.6 Å². The Labute approximate surface area is 226 Å². The number of alkyl halides is 1. The maximum Gasteiger partial charge on any atom is 0.305 e. The van der Waals surface area contributed by atoms with Crippen molar-refractivity contribution < 1.29 is 29.2 Å². The Bertz CT molecular complexity index is 813. The number of carbonyl (C=O) groups is 1. The summed E-state index contributed by atoms with van der Waals surface area (Å²) in [6.45, 7) is 6.94. The van der Waals surface area contributed by atoms with Gasteiger partial charge in [-0.1, -0.05) is 37.6 Å². The van der Waals surface area contributed by atoms with Crippen LogP contribution in [0, 0.1) is 11.8 Å². The Morgan fingerprint density at radius 3 is 2.70 bits per heavy atom. The molecule has 2 fully saturated rings. The van der Waals surface area contributed by atoms with Crippen molar-refractivity contribution in [3.05, 3.63) is 42.0 Å². The zero-order valence-electron chi connectivity index (χ0n) is 22.1. The van der Waals surface area contributed by atoms with Gasteiger partial charge in [0.1, 0.15) is 12.4 Å². The zero-order chi connectivity index (χ0) is 26.5. The minimum Gasteiger partial charge on any atom is -0.493 e. The van der Waals surface area contributed by atoms with E-state index in [1.165, 1.54) is 0 Å². The number of aliphatic hydroxyl groups excluding tert-OH is 2. The predicted octanol–water partition coefficient (Wildman–Crippen LogP) is 4.50. The maximum absolute atomic E-state index is 12.0. The summed E-state index contributed by atoms with van der Waals surface area (Å²) >= 11 is 6.57. The van der Waals surface area contributed by atoms with E-state index in [0.717, 1.165) is 76.3 Å². The molecule has 1 saturated carbocycles. The number of rotatable bonds is 15. The van der Waals surface area contributed by atoms with E-state index in [0.29, 0.717) is 26.1 Å². The Kier molecular flexibility index (Phi) is 13.2. The predicted molar refractivity (Wildman–Crippen MR) is 145 cm³/mol. The zero-order valence-corrected chi connectivity index (χ0v) is 22.9. The topological polar surface area (TPSA) is 88.5 Å². The minimum atomic E-state index is -0.487. The van der Waals surface area contributed by atoms with Gasteiger partial charge in [-0.25, -0.2) is 0 Å². The molecule has 3 rings (SSSR count). The molecule has 1 aromatic rings. The number of morpholine rings is 1. The van der Waals surface area contributed by atoms with Crippen LogP contribution in [0.5, 0.6) is 5.75 Å². The van der Waals surface area contributed by atoms with Gasteiger partial charge in [-0.3, -0.25) is 9.69 Å². The number of nitrogens with zero attached hydrogens (tertiary/aromatic N) is 1. The second kappa shape index (κ2) is 16.4. The number of benzene rings is 1. The first-order chi connectivity index (χ1) is 18.0. The van der Waals surface area contributed by atoms with Crippen molar-refractivity contribution in [2.24, 2.45) is 11.8 Å². The lowest BCUT2D eigenvalue weighted by atomic mass is 9.92. The second-order valence-electron chi connectivity index (χ2n) is 10.1. The van der Waals surface area contributed by atoms with Gasteiger partial charge in [-0.2, -0.15) is 0 Å². The average molecular weight is 538 g/mol. The molecular formula is C29H44ClNO6. The summed E-state index contributed by atoms with van der Waals surface area (Å²) in [4.78, 5) is 14.2. The summed E-state index contributed by atoms with van der Waals surface area (Å²) in [5, 5.41) is 20.6. The number of carbonyl (C=O) groups excluding carboxylic acids is 1. The fourth-order valence-corrected chi connectivity index (χ4v) is 5.50. The number of aliphatic hydroxyl groups is 2. The van der Waals surface area contributed by atoms with Gasteiger partial charge in [-0.15, -0.1) is 11.6 Å². The van der Waals surface area contributed by atoms with Gasteiger partial charge < -0.3 is 24.4 Å². The Morgan fingerprint density at radius 1 is 1.22 bits per heavy atom. The van der Waals surface area contributed by atoms with Crippen LogP contribution >= 0.6 is 11.6 Å². The summed E-state index contributed by atoms with van der Waals surface area (Å²) in [7, 11) is 0. The van der Waals surface area contributed by atoms with Crippen molar-refractivity contribution in [2.45, 2.75) is 69.5 Å². The van der Waals surface area contributed by atoms with Crippen LogP contribution in [0.4, 0.5) is 0 Å². The lowest BCUT2D eigenvalue weighted by Crippen LogP contribution is -2.38. The van der Waals surface area contributed by atoms with Gasteiger partial charge >= 0.3 is 5.97 Å². The number of esters is 1. The summed E-state index contributed by atoms with van der Waals surface area (Å²) in [6, 6.07) is 7.53. The van der Waals surface area contributed by atoms with Crippen LogP contribution in [-0.2, 0) is 14.3 Å². The SMILES string of the molecule is CCCC(O)c1ccc(OC[C@@H]2[C@@H](C/C=C\CCCC(=O)OCCN3CCOCC3)[C@H](Cl)C[C@H]2O)cc1. The number of halogens is 1. The van der Waals surface area contributed by atoms with Gasteiger partial charge in [0, 0.05) is 37.4 Å². The molecule has 0 aromatic heterocycles. The number of hydrogen-bond donors (Lipinski definition) is 2. The number of allylic oxidation sites excluding steroid dienone is 2. The quantitative estimate of drug-likeness (QED) is 0.147. The molecule has 1 aliphatic heterocycles. The third kappa shape index (κ3) is 10.2. The van der Waals surface area contributed by atoms with E-state index in [-0.39, 0.29) is 23.2 Å². The molecule has 37 heavy (non-hydrogen) atoms.